The van der Waals surface area contributed by atoms with Crippen molar-refractivity contribution in [1.29, 1.82) is 0 Å². The average molecular weight is 519 g/mol. The Bertz CT molecular complexity index is 1250. The number of fused-ring (bicyclic) bond motifs is 2. The predicted molar refractivity (Wildman–Crippen MR) is 147 cm³/mol. The van der Waals surface area contributed by atoms with Gasteiger partial charge in [0.05, 0.1) is 13.7 Å². The van der Waals surface area contributed by atoms with Crippen molar-refractivity contribution in [1.82, 2.24) is 4.98 Å². The third-order valence-electron chi connectivity index (χ3n) is 8.51. The van der Waals surface area contributed by atoms with Crippen molar-refractivity contribution in [2.45, 2.75) is 62.8 Å². The maximum atomic E-state index is 13.1. The Balaban J connectivity index is 1.33. The van der Waals surface area contributed by atoms with Gasteiger partial charge >= 0.3 is 5.97 Å². The first-order valence-corrected chi connectivity index (χ1v) is 13.6. The Kier molecular flexibility index (Phi) is 7.43. The lowest BCUT2D eigenvalue weighted by atomic mass is 9.60. The van der Waals surface area contributed by atoms with Crippen LogP contribution in [-0.4, -0.2) is 30.2 Å². The van der Waals surface area contributed by atoms with E-state index in [1.807, 2.05) is 43.5 Å². The molecule has 1 fully saturated rings. The van der Waals surface area contributed by atoms with Gasteiger partial charge in [0.25, 0.3) is 0 Å². The third-order valence-corrected chi connectivity index (χ3v) is 8.74. The molecule has 2 aliphatic rings. The molecule has 0 bridgehead atoms. The number of hydrogen-bond acceptors (Lipinski definition) is 5. The van der Waals surface area contributed by atoms with Gasteiger partial charge in [-0.3, -0.25) is 4.98 Å². The monoisotopic (exact) mass is 518 g/mol. The number of nitrogens with one attached hydrogen (secondary N) is 1. The van der Waals surface area contributed by atoms with Gasteiger partial charge in [-0.1, -0.05) is 41.9 Å². The molecule has 3 aromatic rings. The highest BCUT2D eigenvalue weighted by Gasteiger charge is 2.53. The molecule has 6 heteroatoms. The molecular weight excluding hydrogens is 484 g/mol. The Morgan fingerprint density at radius 1 is 1.11 bits per heavy atom. The Morgan fingerprint density at radius 2 is 1.92 bits per heavy atom. The highest BCUT2D eigenvalue weighted by molar-refractivity contribution is 6.30. The summed E-state index contributed by atoms with van der Waals surface area (Å²) < 4.78 is 11.4. The number of aryl methyl sites for hydroxylation is 1. The van der Waals surface area contributed by atoms with Gasteiger partial charge in [0.1, 0.15) is 11.3 Å². The minimum Gasteiger partial charge on any atom is -0.493 e. The number of esters is 1. The van der Waals surface area contributed by atoms with Crippen LogP contribution in [0.1, 0.15) is 55.2 Å². The first kappa shape index (κ1) is 25.6. The van der Waals surface area contributed by atoms with E-state index in [1.54, 1.807) is 6.20 Å². The smallest absolute Gasteiger partial charge is 0.331 e. The van der Waals surface area contributed by atoms with Gasteiger partial charge in [-0.2, -0.15) is 0 Å². The number of nitrogens with zero attached hydrogens (tertiary/aromatic N) is 1. The highest BCUT2D eigenvalue weighted by atomic mass is 35.5. The molecule has 1 unspecified atom stereocenters. The summed E-state index contributed by atoms with van der Waals surface area (Å²) in [6.07, 6.45) is 10.1. The van der Waals surface area contributed by atoms with Crippen molar-refractivity contribution in [3.63, 3.8) is 0 Å². The number of ether oxygens (including phenoxy) is 2. The molecule has 1 saturated carbocycles. The summed E-state index contributed by atoms with van der Waals surface area (Å²) in [7, 11) is 1.48. The lowest BCUT2D eigenvalue weighted by molar-refractivity contribution is -0.148. The molecule has 37 heavy (non-hydrogen) atoms. The zero-order valence-electron chi connectivity index (χ0n) is 21.6. The Morgan fingerprint density at radius 3 is 2.68 bits per heavy atom. The van der Waals surface area contributed by atoms with Crippen molar-refractivity contribution >= 4 is 23.3 Å². The van der Waals surface area contributed by atoms with Gasteiger partial charge in [-0.15, -0.1) is 0 Å². The summed E-state index contributed by atoms with van der Waals surface area (Å²) in [4.78, 5) is 17.3. The van der Waals surface area contributed by atoms with Gasteiger partial charge in [0.15, 0.2) is 0 Å². The van der Waals surface area contributed by atoms with Gasteiger partial charge in [0, 0.05) is 28.7 Å². The number of pyridine rings is 1. The lowest BCUT2D eigenvalue weighted by Crippen LogP contribution is -2.53. The van der Waals surface area contributed by atoms with Crippen LogP contribution in [0.3, 0.4) is 0 Å². The molecule has 0 saturated heterocycles. The predicted octanol–water partition coefficient (Wildman–Crippen LogP) is 6.91. The van der Waals surface area contributed by atoms with E-state index in [9.17, 15) is 4.79 Å². The number of halogens is 1. The van der Waals surface area contributed by atoms with E-state index in [1.165, 1.54) is 18.2 Å². The topological polar surface area (TPSA) is 60.5 Å². The summed E-state index contributed by atoms with van der Waals surface area (Å²) in [6.45, 7) is 2.72. The van der Waals surface area contributed by atoms with Crippen LogP contribution in [0, 0.1) is 12.8 Å². The number of anilines is 1. The summed E-state index contributed by atoms with van der Waals surface area (Å²) >= 11 is 6.23. The number of carbonyl (C=O) groups excluding carboxylic acids is 1. The fraction of sp³-hybridized carbons (Fsp3) is 0.419. The average Bonchev–Trinajstić information content (AvgIpc) is 3.21. The van der Waals surface area contributed by atoms with Crippen LogP contribution in [0.15, 0.2) is 67.0 Å². The molecule has 5 rings (SSSR count). The SMILES string of the molecule is COC(=O)C1(Nc2cccc(Cl)c2)CCC2(CC1)c1ccccc1CC2CCCOc1ccncc1C. The maximum absolute atomic E-state index is 13.1. The number of carbonyl (C=O) groups is 1. The lowest BCUT2D eigenvalue weighted by Gasteiger charge is -2.47. The second-order valence-corrected chi connectivity index (χ2v) is 11.0. The second kappa shape index (κ2) is 10.7. The first-order chi connectivity index (χ1) is 18.0. The third kappa shape index (κ3) is 5.06. The molecule has 1 N–H and O–H groups in total. The minimum absolute atomic E-state index is 0.0662. The molecule has 1 atom stereocenters. The molecule has 0 amide bonds. The Hall–Kier alpha value is -3.05. The van der Waals surface area contributed by atoms with E-state index in [0.29, 0.717) is 30.4 Å². The van der Waals surface area contributed by atoms with Crippen molar-refractivity contribution in [2.75, 3.05) is 19.0 Å². The van der Waals surface area contributed by atoms with Crippen molar-refractivity contribution in [2.24, 2.45) is 5.92 Å². The van der Waals surface area contributed by atoms with Gasteiger partial charge in [0.2, 0.25) is 0 Å². The van der Waals surface area contributed by atoms with Crippen molar-refractivity contribution in [3.05, 3.63) is 88.7 Å². The maximum Gasteiger partial charge on any atom is 0.331 e. The second-order valence-electron chi connectivity index (χ2n) is 10.6. The van der Waals surface area contributed by atoms with Crippen LogP contribution in [0.4, 0.5) is 5.69 Å². The number of rotatable bonds is 8. The van der Waals surface area contributed by atoms with Crippen LogP contribution in [-0.2, 0) is 21.4 Å². The fourth-order valence-electron chi connectivity index (χ4n) is 6.60. The van der Waals surface area contributed by atoms with Gasteiger partial charge in [-0.25, -0.2) is 4.79 Å². The van der Waals surface area contributed by atoms with E-state index in [0.717, 1.165) is 49.1 Å². The highest BCUT2D eigenvalue weighted by Crippen LogP contribution is 2.55. The largest absolute Gasteiger partial charge is 0.493 e. The van der Waals surface area contributed by atoms with E-state index in [2.05, 4.69) is 34.6 Å². The summed E-state index contributed by atoms with van der Waals surface area (Å²) in [5.41, 5.74) is 4.14. The standard InChI is InChI=1S/C31H35ClN2O3/c1-22-21-33-17-12-28(22)37-18-6-8-24-19-23-7-3-4-11-27(23)30(24)13-15-31(16-14-30,29(35)36-2)34-26-10-5-9-25(32)20-26/h3-5,7,9-12,17,20-21,24,34H,6,8,13-16,18-19H2,1-2H3. The normalized spacial score (nSPS) is 24.5. The van der Waals surface area contributed by atoms with Crippen LogP contribution in [0.5, 0.6) is 5.75 Å². The molecule has 1 aromatic heterocycles. The van der Waals surface area contributed by atoms with Crippen LogP contribution in [0.2, 0.25) is 5.02 Å². The molecule has 2 aromatic carbocycles. The molecule has 194 valence electrons. The zero-order chi connectivity index (χ0) is 25.9. The summed E-state index contributed by atoms with van der Waals surface area (Å²) in [5, 5.41) is 4.17. The van der Waals surface area contributed by atoms with E-state index in [-0.39, 0.29) is 11.4 Å². The van der Waals surface area contributed by atoms with Crippen molar-refractivity contribution in [3.8, 4) is 5.75 Å². The minimum atomic E-state index is -0.755. The molecule has 1 heterocycles. The van der Waals surface area contributed by atoms with E-state index >= 15 is 0 Å². The molecule has 5 nitrogen and oxygen atoms in total. The fourth-order valence-corrected chi connectivity index (χ4v) is 6.79. The summed E-state index contributed by atoms with van der Waals surface area (Å²) in [6, 6.07) is 18.4. The van der Waals surface area contributed by atoms with Crippen LogP contribution >= 0.6 is 11.6 Å². The molecule has 0 radical (unpaired) electrons. The summed E-state index contributed by atoms with van der Waals surface area (Å²) in [5.74, 6) is 1.23. The van der Waals surface area contributed by atoms with E-state index < -0.39 is 5.54 Å². The number of hydrogen-bond donors (Lipinski definition) is 1. The number of aromatic nitrogens is 1. The number of benzene rings is 2. The number of methoxy groups -OCH3 is 1. The van der Waals surface area contributed by atoms with Gasteiger partial charge < -0.3 is 14.8 Å². The molecule has 0 aliphatic heterocycles. The molecule has 2 aliphatic carbocycles. The van der Waals surface area contributed by atoms with Crippen LogP contribution < -0.4 is 10.1 Å². The zero-order valence-corrected chi connectivity index (χ0v) is 22.4. The van der Waals surface area contributed by atoms with Crippen molar-refractivity contribution < 1.29 is 14.3 Å². The molecular formula is C31H35ClN2O3. The van der Waals surface area contributed by atoms with Crippen LogP contribution in [0.25, 0.3) is 0 Å². The molecule has 1 spiro atoms. The van der Waals surface area contributed by atoms with Gasteiger partial charge in [-0.05, 0) is 98.6 Å². The van der Waals surface area contributed by atoms with E-state index in [4.69, 9.17) is 21.1 Å². The first-order valence-electron chi connectivity index (χ1n) is 13.2. The Labute approximate surface area is 224 Å². The quantitative estimate of drug-likeness (QED) is 0.259.